The first-order valence-corrected chi connectivity index (χ1v) is 8.82. The average Bonchev–Trinajstić information content (AvgIpc) is 2.93. The number of aliphatic hydroxyl groups excluding tert-OH is 3. The van der Waals surface area contributed by atoms with Crippen LogP contribution in [0.1, 0.15) is 31.3 Å². The second kappa shape index (κ2) is 8.25. The number of hydrogen-bond donors (Lipinski definition) is 4. The first-order valence-electron chi connectivity index (χ1n) is 8.41. The van der Waals surface area contributed by atoms with Gasteiger partial charge in [-0.2, -0.15) is 13.2 Å². The number of ether oxygens (including phenoxy) is 1. The summed E-state index contributed by atoms with van der Waals surface area (Å²) in [6, 6.07) is 0. The Hall–Kier alpha value is -1.86. The van der Waals surface area contributed by atoms with Gasteiger partial charge in [-0.05, 0) is 19.1 Å². The molecule has 8 nitrogen and oxygen atoms in total. The highest BCUT2D eigenvalue weighted by Gasteiger charge is 2.43. The minimum atomic E-state index is -4.77. The van der Waals surface area contributed by atoms with E-state index in [0.717, 1.165) is 17.7 Å². The Labute approximate surface area is 162 Å². The monoisotopic (exact) mass is 423 g/mol. The highest BCUT2D eigenvalue weighted by Crippen LogP contribution is 2.32. The van der Waals surface area contributed by atoms with Gasteiger partial charge in [0.1, 0.15) is 29.7 Å². The Bertz CT molecular complexity index is 975. The van der Waals surface area contributed by atoms with Crippen LogP contribution in [0.25, 0.3) is 11.0 Å². The van der Waals surface area contributed by atoms with Crippen LogP contribution in [0.2, 0.25) is 0 Å². The third-order valence-corrected chi connectivity index (χ3v) is 4.53. The largest absolute Gasteiger partial charge is 0.431 e. The molecule has 4 atom stereocenters. The quantitative estimate of drug-likeness (QED) is 0.539. The van der Waals surface area contributed by atoms with E-state index >= 15 is 0 Å². The molecule has 1 saturated heterocycles. The van der Waals surface area contributed by atoms with Gasteiger partial charge in [-0.1, -0.05) is 13.8 Å². The standard InChI is InChI=1S/C14H14F3N3O5S.C2H6/c1-4-7(22)5-2-20(12-9(24)8(23)6(3-21)25-12)13(26)19-11(5)18-10(4)14(15,16)17;1-2/h2,6,8-9,12,21,23-24H,3H2,1H3,(H,18,19,26);1-2H3. The molecule has 3 heterocycles. The predicted octanol–water partition coefficient (Wildman–Crippen LogP) is 1.42. The van der Waals surface area contributed by atoms with Crippen molar-refractivity contribution in [2.75, 3.05) is 6.61 Å². The molecule has 0 spiro atoms. The van der Waals surface area contributed by atoms with Gasteiger partial charge in [0, 0.05) is 11.8 Å². The van der Waals surface area contributed by atoms with Crippen LogP contribution in [0, 0.1) is 11.7 Å². The summed E-state index contributed by atoms with van der Waals surface area (Å²) in [7, 11) is 0. The van der Waals surface area contributed by atoms with E-state index in [4.69, 9.17) is 22.1 Å². The third kappa shape index (κ3) is 3.82. The van der Waals surface area contributed by atoms with Gasteiger partial charge in [-0.25, -0.2) is 4.98 Å². The fourth-order valence-corrected chi connectivity index (χ4v) is 3.08. The molecular weight excluding hydrogens is 403 g/mol. The molecule has 4 unspecified atom stereocenters. The lowest BCUT2D eigenvalue weighted by Gasteiger charge is -2.19. The van der Waals surface area contributed by atoms with Crippen LogP contribution in [0.15, 0.2) is 11.0 Å². The Morgan fingerprint density at radius 3 is 2.43 bits per heavy atom. The van der Waals surface area contributed by atoms with Crippen LogP contribution in [-0.2, 0) is 10.9 Å². The van der Waals surface area contributed by atoms with Gasteiger partial charge in [-0.3, -0.25) is 9.36 Å². The van der Waals surface area contributed by atoms with Crippen molar-refractivity contribution in [3.63, 3.8) is 0 Å². The van der Waals surface area contributed by atoms with E-state index in [-0.39, 0.29) is 15.8 Å². The van der Waals surface area contributed by atoms with Crippen LogP contribution in [0.5, 0.6) is 0 Å². The summed E-state index contributed by atoms with van der Waals surface area (Å²) in [5.41, 5.74) is -3.03. The first-order chi connectivity index (χ1) is 13.1. The number of alkyl halides is 3. The van der Waals surface area contributed by atoms with Gasteiger partial charge < -0.3 is 25.0 Å². The highest BCUT2D eigenvalue weighted by atomic mass is 32.1. The number of rotatable bonds is 2. The Balaban J connectivity index is 0.00000136. The van der Waals surface area contributed by atoms with E-state index in [1.807, 2.05) is 13.8 Å². The highest BCUT2D eigenvalue weighted by molar-refractivity contribution is 7.71. The number of aromatic nitrogens is 3. The zero-order valence-electron chi connectivity index (χ0n) is 15.2. The van der Waals surface area contributed by atoms with Crippen molar-refractivity contribution >= 4 is 23.3 Å². The number of H-pyrrole nitrogens is 1. The summed E-state index contributed by atoms with van der Waals surface area (Å²) in [6.45, 7) is 4.46. The molecule has 0 amide bonds. The molecule has 3 rings (SSSR count). The Kier molecular flexibility index (Phi) is 6.61. The molecule has 0 aliphatic carbocycles. The van der Waals surface area contributed by atoms with E-state index in [1.54, 1.807) is 0 Å². The first kappa shape index (κ1) is 22.4. The number of aromatic amines is 1. The van der Waals surface area contributed by atoms with Gasteiger partial charge in [0.25, 0.3) is 0 Å². The number of pyridine rings is 1. The number of halogens is 3. The van der Waals surface area contributed by atoms with Crippen molar-refractivity contribution in [2.24, 2.45) is 0 Å². The van der Waals surface area contributed by atoms with Crippen LogP contribution in [0.4, 0.5) is 13.2 Å². The minimum Gasteiger partial charge on any atom is -0.394 e. The molecule has 1 fully saturated rings. The zero-order valence-corrected chi connectivity index (χ0v) is 16.0. The molecule has 4 N–H and O–H groups in total. The van der Waals surface area contributed by atoms with Gasteiger partial charge in [0.15, 0.2) is 11.7 Å². The van der Waals surface area contributed by atoms with Gasteiger partial charge in [0.2, 0.25) is 4.77 Å². The van der Waals surface area contributed by atoms with Gasteiger partial charge in [0.05, 0.1) is 12.0 Å². The molecule has 0 radical (unpaired) electrons. The van der Waals surface area contributed by atoms with E-state index in [2.05, 4.69) is 9.97 Å². The van der Waals surface area contributed by atoms with E-state index in [0.29, 0.717) is 0 Å². The number of nitrogens with one attached hydrogen (secondary N) is 1. The third-order valence-electron chi connectivity index (χ3n) is 4.23. The van der Waals surface area contributed by atoms with Crippen LogP contribution in [-0.4, -0.2) is 54.8 Å². The lowest BCUT2D eigenvalue weighted by atomic mass is 10.1. The molecule has 0 bridgehead atoms. The lowest BCUT2D eigenvalue weighted by molar-refractivity contribution is -0.141. The second-order valence-electron chi connectivity index (χ2n) is 5.87. The molecule has 0 aromatic carbocycles. The summed E-state index contributed by atoms with van der Waals surface area (Å²) in [5.74, 6) is 0. The van der Waals surface area contributed by atoms with Gasteiger partial charge >= 0.3 is 6.18 Å². The zero-order chi connectivity index (χ0) is 21.4. The SMILES string of the molecule is CC.Cc1c(C(F)(F)F)[nH]c2nc(=S)n(C3OC(CO)C(O)C3O)cc2c1=O. The van der Waals surface area contributed by atoms with Crippen molar-refractivity contribution < 1.29 is 33.2 Å². The normalized spacial score (nSPS) is 24.9. The topological polar surface area (TPSA) is 121 Å². The Morgan fingerprint density at radius 2 is 1.93 bits per heavy atom. The molecule has 2 aromatic heterocycles. The van der Waals surface area contributed by atoms with Crippen molar-refractivity contribution in [1.82, 2.24) is 14.5 Å². The summed E-state index contributed by atoms with van der Waals surface area (Å²) in [5, 5.41) is 28.8. The molecule has 12 heteroatoms. The summed E-state index contributed by atoms with van der Waals surface area (Å²) >= 11 is 5.01. The minimum absolute atomic E-state index is 0.193. The molecule has 1 aliphatic rings. The smallest absolute Gasteiger partial charge is 0.394 e. The lowest BCUT2D eigenvalue weighted by Crippen LogP contribution is -2.33. The van der Waals surface area contributed by atoms with Gasteiger partial charge in [-0.15, -0.1) is 0 Å². The number of nitrogens with zero attached hydrogens (tertiary/aromatic N) is 2. The molecular formula is C16H20F3N3O5S. The van der Waals surface area contributed by atoms with Crippen LogP contribution < -0.4 is 5.43 Å². The summed E-state index contributed by atoms with van der Waals surface area (Å²) < 4.78 is 45.2. The van der Waals surface area contributed by atoms with Crippen LogP contribution in [0.3, 0.4) is 0 Å². The number of fused-ring (bicyclic) bond motifs is 1. The van der Waals surface area contributed by atoms with E-state index in [9.17, 15) is 28.2 Å². The van der Waals surface area contributed by atoms with Crippen LogP contribution >= 0.6 is 12.2 Å². The molecule has 0 saturated carbocycles. The maximum absolute atomic E-state index is 13.0. The summed E-state index contributed by atoms with van der Waals surface area (Å²) in [4.78, 5) is 18.2. The number of hydrogen-bond acceptors (Lipinski definition) is 7. The predicted molar refractivity (Wildman–Crippen MR) is 95.3 cm³/mol. The molecule has 2 aromatic rings. The van der Waals surface area contributed by atoms with Crippen molar-refractivity contribution in [2.45, 2.75) is 51.5 Å². The Morgan fingerprint density at radius 1 is 1.32 bits per heavy atom. The molecule has 156 valence electrons. The number of aliphatic hydroxyl groups is 3. The fraction of sp³-hybridized carbons (Fsp3) is 0.562. The second-order valence-corrected chi connectivity index (χ2v) is 6.24. The molecule has 28 heavy (non-hydrogen) atoms. The molecule has 1 aliphatic heterocycles. The maximum Gasteiger partial charge on any atom is 0.431 e. The van der Waals surface area contributed by atoms with Crippen molar-refractivity contribution in [3.8, 4) is 0 Å². The fourth-order valence-electron chi connectivity index (χ4n) is 2.83. The van der Waals surface area contributed by atoms with E-state index < -0.39 is 54.0 Å². The maximum atomic E-state index is 13.0. The van der Waals surface area contributed by atoms with Crippen molar-refractivity contribution in [3.05, 3.63) is 32.4 Å². The summed E-state index contributed by atoms with van der Waals surface area (Å²) in [6.07, 6.45) is -8.89. The van der Waals surface area contributed by atoms with E-state index in [1.165, 1.54) is 0 Å². The van der Waals surface area contributed by atoms with Crippen molar-refractivity contribution in [1.29, 1.82) is 0 Å². The average molecular weight is 423 g/mol.